The van der Waals surface area contributed by atoms with Gasteiger partial charge in [0.1, 0.15) is 21.2 Å². The number of aromatic nitrogens is 3. The zero-order valence-corrected chi connectivity index (χ0v) is 17.5. The summed E-state index contributed by atoms with van der Waals surface area (Å²) in [5, 5.41) is 7.25. The monoisotopic (exact) mass is 445 g/mol. The zero-order valence-electron chi connectivity index (χ0n) is 16.7. The van der Waals surface area contributed by atoms with Gasteiger partial charge in [0.15, 0.2) is 0 Å². The number of carbonyl (C=O) groups excluding carboxylic acids is 2. The summed E-state index contributed by atoms with van der Waals surface area (Å²) in [5.74, 6) is -1.04. The van der Waals surface area contributed by atoms with Gasteiger partial charge in [-0.25, -0.2) is 13.8 Å². The third-order valence-corrected chi connectivity index (χ3v) is 5.99. The highest BCUT2D eigenvalue weighted by Crippen LogP contribution is 2.42. The smallest absolute Gasteiger partial charge is 0.280 e. The molecule has 0 radical (unpaired) electrons. The predicted octanol–water partition coefficient (Wildman–Crippen LogP) is 4.20. The normalized spacial score (nSPS) is 11.4. The first-order chi connectivity index (χ1) is 14.7. The highest BCUT2D eigenvalue weighted by Gasteiger charge is 2.27. The van der Waals surface area contributed by atoms with Gasteiger partial charge < -0.3 is 15.5 Å². The summed E-state index contributed by atoms with van der Waals surface area (Å²) in [4.78, 5) is 29.3. The second kappa shape index (κ2) is 7.58. The Balaban J connectivity index is 1.96. The van der Waals surface area contributed by atoms with Crippen LogP contribution in [0.15, 0.2) is 28.9 Å². The summed E-state index contributed by atoms with van der Waals surface area (Å²) in [6.45, 7) is 3.42. The number of hydrogen-bond donors (Lipinski definition) is 2. The molecule has 4 aromatic heterocycles. The number of rotatable bonds is 5. The summed E-state index contributed by atoms with van der Waals surface area (Å²) < 4.78 is 33.9. The van der Waals surface area contributed by atoms with Gasteiger partial charge in [-0.05, 0) is 32.0 Å². The van der Waals surface area contributed by atoms with E-state index in [9.17, 15) is 18.4 Å². The molecule has 0 saturated heterocycles. The third-order valence-electron chi connectivity index (χ3n) is 4.89. The molecule has 0 aliphatic rings. The predicted molar refractivity (Wildman–Crippen MR) is 111 cm³/mol. The van der Waals surface area contributed by atoms with Gasteiger partial charge in [-0.3, -0.25) is 14.3 Å². The van der Waals surface area contributed by atoms with Gasteiger partial charge in [0.2, 0.25) is 0 Å². The van der Waals surface area contributed by atoms with E-state index in [0.717, 1.165) is 11.3 Å². The summed E-state index contributed by atoms with van der Waals surface area (Å²) in [6.07, 6.45) is -1.44. The Morgan fingerprint density at radius 3 is 2.61 bits per heavy atom. The van der Waals surface area contributed by atoms with Gasteiger partial charge >= 0.3 is 0 Å². The van der Waals surface area contributed by atoms with Crippen molar-refractivity contribution in [1.82, 2.24) is 14.8 Å². The molecule has 2 amide bonds. The number of pyridine rings is 1. The number of aryl methyl sites for hydroxylation is 2. The van der Waals surface area contributed by atoms with Crippen LogP contribution in [0.2, 0.25) is 0 Å². The highest BCUT2D eigenvalue weighted by atomic mass is 32.1. The molecule has 0 fully saturated rings. The van der Waals surface area contributed by atoms with Gasteiger partial charge in [-0.1, -0.05) is 0 Å². The molecule has 4 aromatic rings. The first-order valence-electron chi connectivity index (χ1n) is 9.09. The number of nitrogens with zero attached hydrogens (tertiary/aromatic N) is 3. The van der Waals surface area contributed by atoms with Crippen LogP contribution in [0.3, 0.4) is 0 Å². The maximum atomic E-state index is 13.4. The van der Waals surface area contributed by atoms with Crippen LogP contribution in [-0.4, -0.2) is 26.6 Å². The van der Waals surface area contributed by atoms with Gasteiger partial charge in [0.05, 0.1) is 23.2 Å². The van der Waals surface area contributed by atoms with Crippen molar-refractivity contribution in [2.45, 2.75) is 20.3 Å². The van der Waals surface area contributed by atoms with Crippen LogP contribution in [-0.2, 0) is 7.05 Å². The molecule has 11 heteroatoms. The average molecular weight is 445 g/mol. The SMILES string of the molecule is Cc1nn(C)c(C)c1C(=O)Nc1c(C(N)=O)sc2nc(C(F)F)cc(-c3ccco3)c12. The molecule has 160 valence electrons. The Hall–Kier alpha value is -3.60. The lowest BCUT2D eigenvalue weighted by Crippen LogP contribution is -2.18. The van der Waals surface area contributed by atoms with Crippen LogP contribution >= 0.6 is 11.3 Å². The van der Waals surface area contributed by atoms with E-state index in [1.54, 1.807) is 37.7 Å². The van der Waals surface area contributed by atoms with Crippen molar-refractivity contribution in [2.24, 2.45) is 12.8 Å². The number of amides is 2. The molecular formula is C20H17F2N5O3S. The molecule has 0 unspecified atom stereocenters. The van der Waals surface area contributed by atoms with Crippen LogP contribution in [0.4, 0.5) is 14.5 Å². The number of primary amides is 1. The third kappa shape index (κ3) is 3.46. The topological polar surface area (TPSA) is 116 Å². The number of halogens is 2. The fourth-order valence-corrected chi connectivity index (χ4v) is 4.44. The van der Waals surface area contributed by atoms with Crippen LogP contribution < -0.4 is 11.1 Å². The van der Waals surface area contributed by atoms with Crippen molar-refractivity contribution < 1.29 is 22.8 Å². The average Bonchev–Trinajstić information content (AvgIpc) is 3.40. The number of hydrogen-bond acceptors (Lipinski definition) is 6. The van der Waals surface area contributed by atoms with E-state index < -0.39 is 23.9 Å². The van der Waals surface area contributed by atoms with Crippen LogP contribution in [0, 0.1) is 13.8 Å². The standard InChI is InChI=1S/C20H17F2N5O3S/c1-8-13(9(2)27(3)26-8)19(29)25-15-14-10(12-5-4-6-30-12)7-11(17(21)22)24-20(14)31-16(15)18(23)28/h4-7,17H,1-3H3,(H2,23,28)(H,25,29). The number of thiophene rings is 1. The number of alkyl halides is 2. The Morgan fingerprint density at radius 2 is 2.06 bits per heavy atom. The summed E-state index contributed by atoms with van der Waals surface area (Å²) >= 11 is 0.830. The largest absolute Gasteiger partial charge is 0.464 e. The van der Waals surface area contributed by atoms with Crippen LogP contribution in [0.25, 0.3) is 21.5 Å². The number of carbonyl (C=O) groups is 2. The maximum absolute atomic E-state index is 13.4. The number of anilines is 1. The highest BCUT2D eigenvalue weighted by molar-refractivity contribution is 7.21. The minimum atomic E-state index is -2.84. The summed E-state index contributed by atoms with van der Waals surface area (Å²) in [7, 11) is 1.71. The van der Waals surface area contributed by atoms with Crippen molar-refractivity contribution in [3.63, 3.8) is 0 Å². The number of fused-ring (bicyclic) bond motifs is 1. The van der Waals surface area contributed by atoms with E-state index in [1.807, 2.05) is 0 Å². The molecule has 0 bridgehead atoms. The van der Waals surface area contributed by atoms with Crippen molar-refractivity contribution in [3.05, 3.63) is 52.0 Å². The van der Waals surface area contributed by atoms with E-state index in [4.69, 9.17) is 10.2 Å². The van der Waals surface area contributed by atoms with E-state index >= 15 is 0 Å². The lowest BCUT2D eigenvalue weighted by Gasteiger charge is -2.10. The number of nitrogens with one attached hydrogen (secondary N) is 1. The van der Waals surface area contributed by atoms with Crippen LogP contribution in [0.1, 0.15) is 43.5 Å². The molecule has 31 heavy (non-hydrogen) atoms. The first-order valence-corrected chi connectivity index (χ1v) is 9.91. The molecule has 0 atom stereocenters. The van der Waals surface area contributed by atoms with E-state index in [2.05, 4.69) is 15.4 Å². The molecule has 0 saturated carbocycles. The fourth-order valence-electron chi connectivity index (χ4n) is 3.43. The molecule has 0 spiro atoms. The van der Waals surface area contributed by atoms with E-state index in [-0.39, 0.29) is 26.7 Å². The minimum absolute atomic E-state index is 0.00531. The van der Waals surface area contributed by atoms with Crippen molar-refractivity contribution >= 4 is 39.1 Å². The van der Waals surface area contributed by atoms with Crippen molar-refractivity contribution in [3.8, 4) is 11.3 Å². The Kier molecular flexibility index (Phi) is 5.05. The Morgan fingerprint density at radius 1 is 1.32 bits per heavy atom. The van der Waals surface area contributed by atoms with Crippen molar-refractivity contribution in [1.29, 1.82) is 0 Å². The number of furan rings is 1. The molecule has 0 aliphatic heterocycles. The van der Waals surface area contributed by atoms with Gasteiger partial charge in [-0.2, -0.15) is 5.10 Å². The molecular weight excluding hydrogens is 428 g/mol. The molecule has 0 aromatic carbocycles. The Bertz CT molecular complexity index is 1320. The van der Waals surface area contributed by atoms with E-state index in [0.29, 0.717) is 22.3 Å². The number of nitrogens with two attached hydrogens (primary N) is 1. The fraction of sp³-hybridized carbons (Fsp3) is 0.200. The molecule has 8 nitrogen and oxygen atoms in total. The molecule has 4 heterocycles. The second-order valence-corrected chi connectivity index (χ2v) is 7.85. The van der Waals surface area contributed by atoms with Gasteiger partial charge in [0, 0.05) is 23.7 Å². The quantitative estimate of drug-likeness (QED) is 0.478. The lowest BCUT2D eigenvalue weighted by atomic mass is 10.1. The lowest BCUT2D eigenvalue weighted by molar-refractivity contribution is 0.100. The van der Waals surface area contributed by atoms with Gasteiger partial charge in [0.25, 0.3) is 18.2 Å². The zero-order chi connectivity index (χ0) is 22.4. The molecule has 3 N–H and O–H groups in total. The first kappa shape index (κ1) is 20.7. The van der Waals surface area contributed by atoms with Gasteiger partial charge in [-0.15, -0.1) is 11.3 Å². The second-order valence-electron chi connectivity index (χ2n) is 6.85. The Labute approximate surface area is 178 Å². The van der Waals surface area contributed by atoms with Crippen LogP contribution in [0.5, 0.6) is 0 Å². The molecule has 4 rings (SSSR count). The summed E-state index contributed by atoms with van der Waals surface area (Å²) in [5.41, 5.74) is 6.88. The summed E-state index contributed by atoms with van der Waals surface area (Å²) in [6, 6.07) is 4.37. The molecule has 0 aliphatic carbocycles. The maximum Gasteiger partial charge on any atom is 0.280 e. The van der Waals surface area contributed by atoms with Crippen molar-refractivity contribution in [2.75, 3.05) is 5.32 Å². The van der Waals surface area contributed by atoms with E-state index in [1.165, 1.54) is 12.3 Å². The minimum Gasteiger partial charge on any atom is -0.464 e.